The Hall–Kier alpha value is -2.64. The number of rotatable bonds is 9. The smallest absolute Gasteiger partial charge is 0.251 e. The molecule has 0 bridgehead atoms. The van der Waals surface area contributed by atoms with Gasteiger partial charge in [-0.1, -0.05) is 43.0 Å². The van der Waals surface area contributed by atoms with Gasteiger partial charge in [0.25, 0.3) is 5.91 Å². The summed E-state index contributed by atoms with van der Waals surface area (Å²) in [5.41, 5.74) is 4.51. The number of anilines is 1. The summed E-state index contributed by atoms with van der Waals surface area (Å²) >= 11 is 3.35. The lowest BCUT2D eigenvalue weighted by Gasteiger charge is -2.09. The van der Waals surface area contributed by atoms with Crippen LogP contribution >= 0.6 is 23.1 Å². The van der Waals surface area contributed by atoms with Crippen molar-refractivity contribution >= 4 is 40.6 Å². The van der Waals surface area contributed by atoms with Gasteiger partial charge >= 0.3 is 0 Å². The van der Waals surface area contributed by atoms with Crippen molar-refractivity contribution in [1.82, 2.24) is 10.3 Å². The van der Waals surface area contributed by atoms with E-state index >= 15 is 0 Å². The molecule has 0 saturated heterocycles. The van der Waals surface area contributed by atoms with Gasteiger partial charge in [-0.2, -0.15) is 0 Å². The van der Waals surface area contributed by atoms with E-state index in [0.717, 1.165) is 39.0 Å². The Bertz CT molecular complexity index is 1000. The first-order valence-corrected chi connectivity index (χ1v) is 11.7. The van der Waals surface area contributed by atoms with Crippen molar-refractivity contribution in [3.8, 4) is 0 Å². The van der Waals surface area contributed by atoms with Gasteiger partial charge in [0.05, 0.1) is 0 Å². The average Bonchev–Trinajstić information content (AvgIpc) is 3.16. The highest BCUT2D eigenvalue weighted by molar-refractivity contribution is 8.00. The summed E-state index contributed by atoms with van der Waals surface area (Å²) in [7, 11) is 0. The number of hydrogen-bond acceptors (Lipinski definition) is 5. The average molecular weight is 440 g/mol. The molecule has 5 nitrogen and oxygen atoms in total. The van der Waals surface area contributed by atoms with Gasteiger partial charge in [-0.15, -0.1) is 11.3 Å². The van der Waals surface area contributed by atoms with Crippen molar-refractivity contribution in [2.45, 2.75) is 43.3 Å². The minimum absolute atomic E-state index is 0.00179. The zero-order valence-corrected chi connectivity index (χ0v) is 18.7. The Morgan fingerprint density at radius 2 is 1.90 bits per heavy atom. The lowest BCUT2D eigenvalue weighted by atomic mass is 10.1. The molecule has 2 amide bonds. The fourth-order valence-corrected chi connectivity index (χ4v) is 4.60. The minimum atomic E-state index is -0.120. The molecular formula is C23H25N3O2S2. The molecule has 3 rings (SSSR count). The minimum Gasteiger partial charge on any atom is -0.348 e. The maximum atomic E-state index is 12.5. The number of aromatic nitrogens is 1. The zero-order chi connectivity index (χ0) is 21.3. The zero-order valence-electron chi connectivity index (χ0n) is 17.1. The Morgan fingerprint density at radius 1 is 1.10 bits per heavy atom. The van der Waals surface area contributed by atoms with E-state index < -0.39 is 0 Å². The molecule has 2 N–H and O–H groups in total. The molecule has 0 unspecified atom stereocenters. The van der Waals surface area contributed by atoms with E-state index in [1.54, 1.807) is 23.1 Å². The van der Waals surface area contributed by atoms with Crippen LogP contribution in [0, 0.1) is 6.92 Å². The number of carbonyl (C=O) groups excluding carboxylic acids is 2. The van der Waals surface area contributed by atoms with Crippen molar-refractivity contribution in [2.75, 3.05) is 5.32 Å². The first-order valence-electron chi connectivity index (χ1n) is 9.84. The third-order valence-electron chi connectivity index (χ3n) is 4.32. The largest absolute Gasteiger partial charge is 0.348 e. The van der Waals surface area contributed by atoms with Crippen molar-refractivity contribution in [1.29, 1.82) is 0 Å². The summed E-state index contributed by atoms with van der Waals surface area (Å²) in [4.78, 5) is 28.7. The number of nitrogens with one attached hydrogen (secondary N) is 2. The first kappa shape index (κ1) is 22.1. The molecule has 0 saturated carbocycles. The molecule has 0 atom stereocenters. The number of aryl methyl sites for hydroxylation is 1. The second-order valence-electron chi connectivity index (χ2n) is 6.92. The number of amides is 2. The van der Waals surface area contributed by atoms with E-state index in [-0.39, 0.29) is 11.8 Å². The van der Waals surface area contributed by atoms with Crippen LogP contribution in [0.3, 0.4) is 0 Å². The highest BCUT2D eigenvalue weighted by Gasteiger charge is 2.07. The number of benzene rings is 2. The predicted molar refractivity (Wildman–Crippen MR) is 124 cm³/mol. The summed E-state index contributed by atoms with van der Waals surface area (Å²) < 4.78 is 1.06. The molecule has 7 heteroatoms. The molecule has 0 fully saturated rings. The normalized spacial score (nSPS) is 10.6. The fraction of sp³-hybridized carbons (Fsp3) is 0.261. The monoisotopic (exact) mass is 439 g/mol. The van der Waals surface area contributed by atoms with Gasteiger partial charge in [-0.3, -0.25) is 9.59 Å². The van der Waals surface area contributed by atoms with Gasteiger partial charge in [-0.25, -0.2) is 4.98 Å². The van der Waals surface area contributed by atoms with Crippen LogP contribution < -0.4 is 10.6 Å². The highest BCUT2D eigenvalue weighted by atomic mass is 32.2. The first-order chi connectivity index (χ1) is 14.5. The van der Waals surface area contributed by atoms with Gasteiger partial charge < -0.3 is 10.6 Å². The van der Waals surface area contributed by atoms with E-state index in [2.05, 4.69) is 15.6 Å². The molecule has 2 aromatic carbocycles. The number of carbonyl (C=O) groups is 2. The molecule has 1 heterocycles. The van der Waals surface area contributed by atoms with E-state index in [1.165, 1.54) is 0 Å². The van der Waals surface area contributed by atoms with Crippen LogP contribution in [0.1, 0.15) is 46.9 Å². The maximum absolute atomic E-state index is 12.5. The van der Waals surface area contributed by atoms with Crippen LogP contribution in [0.15, 0.2) is 58.3 Å². The lowest BCUT2D eigenvalue weighted by Crippen LogP contribution is -2.22. The van der Waals surface area contributed by atoms with Gasteiger partial charge in [0.2, 0.25) is 5.91 Å². The summed E-state index contributed by atoms with van der Waals surface area (Å²) in [6, 6.07) is 15.2. The third-order valence-corrected chi connectivity index (χ3v) is 6.53. The van der Waals surface area contributed by atoms with Gasteiger partial charge in [0, 0.05) is 41.0 Å². The number of thiazole rings is 1. The van der Waals surface area contributed by atoms with Gasteiger partial charge in [0.1, 0.15) is 4.34 Å². The third kappa shape index (κ3) is 6.71. The topological polar surface area (TPSA) is 71.1 Å². The molecule has 0 radical (unpaired) electrons. The second kappa shape index (κ2) is 10.9. The van der Waals surface area contributed by atoms with Crippen LogP contribution in [0.2, 0.25) is 0 Å². The molecule has 0 aliphatic rings. The van der Waals surface area contributed by atoms with E-state index in [4.69, 9.17) is 0 Å². The maximum Gasteiger partial charge on any atom is 0.251 e. The lowest BCUT2D eigenvalue weighted by molar-refractivity contribution is -0.116. The molecule has 30 heavy (non-hydrogen) atoms. The van der Waals surface area contributed by atoms with Crippen LogP contribution in [0.4, 0.5) is 5.69 Å². The Kier molecular flexibility index (Phi) is 8.04. The quantitative estimate of drug-likeness (QED) is 0.437. The SMILES string of the molecule is CCCC(=O)Nc1cccc(CNC(=O)c2ccc(CSc3nc(C)cs3)cc2)c1. The van der Waals surface area contributed by atoms with Crippen molar-refractivity contribution in [2.24, 2.45) is 0 Å². The van der Waals surface area contributed by atoms with Crippen LogP contribution in [0.25, 0.3) is 0 Å². The van der Waals surface area contributed by atoms with Gasteiger partial charge in [0.15, 0.2) is 0 Å². The van der Waals surface area contributed by atoms with Crippen molar-refractivity contribution in [3.63, 3.8) is 0 Å². The van der Waals surface area contributed by atoms with Crippen LogP contribution in [-0.2, 0) is 17.1 Å². The van der Waals surface area contributed by atoms with E-state index in [9.17, 15) is 9.59 Å². The van der Waals surface area contributed by atoms with Crippen LogP contribution in [-0.4, -0.2) is 16.8 Å². The summed E-state index contributed by atoms with van der Waals surface area (Å²) in [5.74, 6) is 0.706. The summed E-state index contributed by atoms with van der Waals surface area (Å²) in [6.45, 7) is 4.36. The molecular weight excluding hydrogens is 414 g/mol. The number of hydrogen-bond donors (Lipinski definition) is 2. The molecule has 0 aliphatic heterocycles. The Labute approximate surface area is 185 Å². The van der Waals surface area contributed by atoms with E-state index in [0.29, 0.717) is 18.5 Å². The molecule has 0 aliphatic carbocycles. The molecule has 156 valence electrons. The Morgan fingerprint density at radius 3 is 2.60 bits per heavy atom. The van der Waals surface area contributed by atoms with E-state index in [1.807, 2.05) is 67.8 Å². The van der Waals surface area contributed by atoms with Gasteiger partial charge in [-0.05, 0) is 48.7 Å². The number of nitrogens with zero attached hydrogens (tertiary/aromatic N) is 1. The standard InChI is InChI=1S/C23H25N3O2S2/c1-3-5-21(27)26-20-7-4-6-18(12-20)13-24-22(28)19-10-8-17(9-11-19)15-30-23-25-16(2)14-29-23/h4,6-12,14H,3,5,13,15H2,1-2H3,(H,24,28)(H,26,27). The van der Waals surface area contributed by atoms with Crippen molar-refractivity contribution in [3.05, 3.63) is 76.3 Å². The predicted octanol–water partition coefficient (Wildman–Crippen LogP) is 5.41. The Balaban J connectivity index is 1.50. The number of thioether (sulfide) groups is 1. The molecule has 3 aromatic rings. The van der Waals surface area contributed by atoms with Crippen molar-refractivity contribution < 1.29 is 9.59 Å². The second-order valence-corrected chi connectivity index (χ2v) is 9.00. The molecule has 1 aromatic heterocycles. The van der Waals surface area contributed by atoms with Crippen LogP contribution in [0.5, 0.6) is 0 Å². The molecule has 0 spiro atoms. The summed E-state index contributed by atoms with van der Waals surface area (Å²) in [6.07, 6.45) is 1.31. The highest BCUT2D eigenvalue weighted by Crippen LogP contribution is 2.26. The fourth-order valence-electron chi connectivity index (χ4n) is 2.79. The summed E-state index contributed by atoms with van der Waals surface area (Å²) in [5, 5.41) is 7.86.